The summed E-state index contributed by atoms with van der Waals surface area (Å²) in [6, 6.07) is 12.2. The normalized spacial score (nSPS) is 14.0. The van der Waals surface area contributed by atoms with Gasteiger partial charge in [-0.2, -0.15) is 0 Å². The standard InChI is InChI=1S/C22H20ClN5O2S/c1-28-13-18(14-7-9-24-20(11-14)26-16-5-6-16)21-19(8-10-25-22(21)28)27-31(29,30)17-4-2-3-15(23)12-17/h2-4,7-13,16H,5-6H2,1H3,(H,24,26)(H,25,27). The Morgan fingerprint density at radius 3 is 2.68 bits per heavy atom. The van der Waals surface area contributed by atoms with E-state index < -0.39 is 10.0 Å². The zero-order valence-electron chi connectivity index (χ0n) is 16.7. The first-order valence-electron chi connectivity index (χ1n) is 9.86. The number of aromatic nitrogens is 3. The summed E-state index contributed by atoms with van der Waals surface area (Å²) in [7, 11) is -1.94. The monoisotopic (exact) mass is 453 g/mol. The van der Waals surface area contributed by atoms with E-state index in [0.717, 1.165) is 35.2 Å². The molecule has 0 spiro atoms. The topological polar surface area (TPSA) is 88.9 Å². The van der Waals surface area contributed by atoms with Crippen molar-refractivity contribution in [2.45, 2.75) is 23.8 Å². The molecule has 9 heteroatoms. The molecule has 0 amide bonds. The average molecular weight is 454 g/mol. The van der Waals surface area contributed by atoms with Crippen LogP contribution in [-0.2, 0) is 17.1 Å². The molecule has 7 nitrogen and oxygen atoms in total. The molecule has 158 valence electrons. The predicted molar refractivity (Wildman–Crippen MR) is 123 cm³/mol. The van der Waals surface area contributed by atoms with Crippen molar-refractivity contribution in [2.24, 2.45) is 7.05 Å². The largest absolute Gasteiger partial charge is 0.367 e. The molecular weight excluding hydrogens is 434 g/mol. The lowest BCUT2D eigenvalue weighted by Gasteiger charge is -2.11. The Balaban J connectivity index is 1.60. The van der Waals surface area contributed by atoms with Crippen LogP contribution in [0.15, 0.2) is 66.0 Å². The highest BCUT2D eigenvalue weighted by Gasteiger charge is 2.22. The molecule has 3 heterocycles. The summed E-state index contributed by atoms with van der Waals surface area (Å²) >= 11 is 6.00. The van der Waals surface area contributed by atoms with E-state index in [4.69, 9.17) is 11.6 Å². The number of halogens is 1. The summed E-state index contributed by atoms with van der Waals surface area (Å²) in [4.78, 5) is 8.96. The van der Waals surface area contributed by atoms with Gasteiger partial charge in [0.15, 0.2) is 0 Å². The lowest BCUT2D eigenvalue weighted by molar-refractivity contribution is 0.601. The Morgan fingerprint density at radius 1 is 1.10 bits per heavy atom. The number of aryl methyl sites for hydroxylation is 1. The van der Waals surface area contributed by atoms with Crippen LogP contribution in [0.4, 0.5) is 11.5 Å². The van der Waals surface area contributed by atoms with Crippen LogP contribution in [-0.4, -0.2) is 29.0 Å². The van der Waals surface area contributed by atoms with E-state index in [1.165, 1.54) is 12.1 Å². The maximum Gasteiger partial charge on any atom is 0.261 e. The highest BCUT2D eigenvalue weighted by Crippen LogP contribution is 2.36. The molecule has 1 fully saturated rings. The van der Waals surface area contributed by atoms with Gasteiger partial charge in [-0.1, -0.05) is 17.7 Å². The summed E-state index contributed by atoms with van der Waals surface area (Å²) in [5.74, 6) is 0.807. The van der Waals surface area contributed by atoms with E-state index in [-0.39, 0.29) is 4.90 Å². The number of hydrogen-bond donors (Lipinski definition) is 2. The Bertz CT molecular complexity index is 1400. The summed E-state index contributed by atoms with van der Waals surface area (Å²) in [6.45, 7) is 0. The molecule has 4 aromatic rings. The van der Waals surface area contributed by atoms with Crippen molar-refractivity contribution in [3.05, 3.63) is 66.1 Å². The summed E-state index contributed by atoms with van der Waals surface area (Å²) in [6.07, 6.45) is 7.60. The number of nitrogens with one attached hydrogen (secondary N) is 2. The fraction of sp³-hybridized carbons (Fsp3) is 0.182. The van der Waals surface area contributed by atoms with Gasteiger partial charge in [0.25, 0.3) is 10.0 Å². The van der Waals surface area contributed by atoms with E-state index in [9.17, 15) is 8.42 Å². The van der Waals surface area contributed by atoms with Gasteiger partial charge in [-0.3, -0.25) is 4.72 Å². The molecule has 0 atom stereocenters. The number of anilines is 2. The minimum absolute atomic E-state index is 0.0993. The van der Waals surface area contributed by atoms with Crippen LogP contribution in [0, 0.1) is 0 Å². The molecule has 31 heavy (non-hydrogen) atoms. The Hall–Kier alpha value is -3.10. The second-order valence-electron chi connectivity index (χ2n) is 7.62. The van der Waals surface area contributed by atoms with E-state index >= 15 is 0 Å². The molecule has 0 bridgehead atoms. The van der Waals surface area contributed by atoms with Crippen molar-refractivity contribution < 1.29 is 8.42 Å². The van der Waals surface area contributed by atoms with Gasteiger partial charge < -0.3 is 9.88 Å². The lowest BCUT2D eigenvalue weighted by atomic mass is 10.1. The minimum Gasteiger partial charge on any atom is -0.367 e. The highest BCUT2D eigenvalue weighted by atomic mass is 35.5. The van der Waals surface area contributed by atoms with Gasteiger partial charge in [0.05, 0.1) is 16.0 Å². The van der Waals surface area contributed by atoms with Crippen LogP contribution in [0.25, 0.3) is 22.2 Å². The maximum atomic E-state index is 13.0. The van der Waals surface area contributed by atoms with E-state index in [1.54, 1.807) is 30.6 Å². The molecule has 1 saturated carbocycles. The molecular formula is C22H20ClN5O2S. The summed E-state index contributed by atoms with van der Waals surface area (Å²) in [5, 5.41) is 4.48. The van der Waals surface area contributed by atoms with Gasteiger partial charge in [-0.05, 0) is 54.8 Å². The molecule has 1 aliphatic carbocycles. The Labute approximate surface area is 185 Å². The van der Waals surface area contributed by atoms with Crippen LogP contribution in [0.5, 0.6) is 0 Å². The van der Waals surface area contributed by atoms with Gasteiger partial charge >= 0.3 is 0 Å². The van der Waals surface area contributed by atoms with Crippen molar-refractivity contribution in [3.8, 4) is 11.1 Å². The number of nitrogens with zero attached hydrogens (tertiary/aromatic N) is 3. The van der Waals surface area contributed by atoms with Crippen LogP contribution in [0.1, 0.15) is 12.8 Å². The van der Waals surface area contributed by atoms with Crippen molar-refractivity contribution in [2.75, 3.05) is 10.0 Å². The smallest absolute Gasteiger partial charge is 0.261 e. The van der Waals surface area contributed by atoms with E-state index in [0.29, 0.717) is 22.4 Å². The number of benzene rings is 1. The third-order valence-electron chi connectivity index (χ3n) is 5.21. The van der Waals surface area contributed by atoms with Crippen molar-refractivity contribution >= 4 is 44.2 Å². The molecule has 0 aliphatic heterocycles. The van der Waals surface area contributed by atoms with Gasteiger partial charge in [0.1, 0.15) is 11.5 Å². The maximum absolute atomic E-state index is 13.0. The van der Waals surface area contributed by atoms with Crippen molar-refractivity contribution in [1.29, 1.82) is 0 Å². The fourth-order valence-electron chi connectivity index (χ4n) is 3.56. The van der Waals surface area contributed by atoms with Crippen LogP contribution in [0.2, 0.25) is 5.02 Å². The molecule has 1 aromatic carbocycles. The van der Waals surface area contributed by atoms with Gasteiger partial charge in [0.2, 0.25) is 0 Å². The second-order valence-corrected chi connectivity index (χ2v) is 9.74. The molecule has 5 rings (SSSR count). The second kappa shape index (κ2) is 7.55. The number of fused-ring (bicyclic) bond motifs is 1. The van der Waals surface area contributed by atoms with Crippen molar-refractivity contribution in [3.63, 3.8) is 0 Å². The lowest BCUT2D eigenvalue weighted by Crippen LogP contribution is -2.13. The van der Waals surface area contributed by atoms with Crippen LogP contribution < -0.4 is 10.0 Å². The highest BCUT2D eigenvalue weighted by molar-refractivity contribution is 7.92. The minimum atomic E-state index is -3.83. The molecule has 3 aromatic heterocycles. The van der Waals surface area contributed by atoms with E-state index in [2.05, 4.69) is 20.0 Å². The van der Waals surface area contributed by atoms with Gasteiger partial charge in [-0.25, -0.2) is 18.4 Å². The molecule has 1 aliphatic rings. The number of pyridine rings is 2. The molecule has 0 saturated heterocycles. The molecule has 0 radical (unpaired) electrons. The first-order chi connectivity index (χ1) is 14.9. The summed E-state index contributed by atoms with van der Waals surface area (Å²) in [5.41, 5.74) is 2.93. The molecule has 0 unspecified atom stereocenters. The first kappa shape index (κ1) is 19.8. The summed E-state index contributed by atoms with van der Waals surface area (Å²) < 4.78 is 30.6. The number of sulfonamides is 1. The van der Waals surface area contributed by atoms with Gasteiger partial charge in [-0.15, -0.1) is 0 Å². The van der Waals surface area contributed by atoms with Crippen molar-refractivity contribution in [1.82, 2.24) is 14.5 Å². The predicted octanol–water partition coefficient (Wildman–Crippen LogP) is 4.66. The Morgan fingerprint density at radius 2 is 1.90 bits per heavy atom. The third kappa shape index (κ3) is 3.96. The fourth-order valence-corrected chi connectivity index (χ4v) is 4.93. The molecule has 2 N–H and O–H groups in total. The number of hydrogen-bond acceptors (Lipinski definition) is 5. The zero-order chi connectivity index (χ0) is 21.6. The quantitative estimate of drug-likeness (QED) is 0.443. The van der Waals surface area contributed by atoms with Gasteiger partial charge in [0, 0.05) is 42.3 Å². The third-order valence-corrected chi connectivity index (χ3v) is 6.81. The number of rotatable bonds is 6. The van der Waals surface area contributed by atoms with Crippen LogP contribution in [0.3, 0.4) is 0 Å². The SMILES string of the molecule is Cn1cc(-c2ccnc(NC3CC3)c2)c2c(NS(=O)(=O)c3cccc(Cl)c3)ccnc21. The van der Waals surface area contributed by atoms with E-state index in [1.807, 2.05) is 29.9 Å². The zero-order valence-corrected chi connectivity index (χ0v) is 18.3. The average Bonchev–Trinajstić information content (AvgIpc) is 3.49. The van der Waals surface area contributed by atoms with Crippen LogP contribution >= 0.6 is 11.6 Å². The first-order valence-corrected chi connectivity index (χ1v) is 11.7. The Kier molecular flexibility index (Phi) is 4.83.